The quantitative estimate of drug-likeness (QED) is 0.761. The zero-order valence-electron chi connectivity index (χ0n) is 14.5. The minimum Gasteiger partial charge on any atom is -0.478 e. The first-order valence-corrected chi connectivity index (χ1v) is 8.67. The number of benzene rings is 2. The number of rotatable bonds is 3. The molecule has 0 aromatic heterocycles. The molecule has 0 spiro atoms. The van der Waals surface area contributed by atoms with E-state index in [9.17, 15) is 9.18 Å². The van der Waals surface area contributed by atoms with Crippen molar-refractivity contribution in [2.45, 2.75) is 43.9 Å². The summed E-state index contributed by atoms with van der Waals surface area (Å²) in [5.74, 6) is -1.64. The summed E-state index contributed by atoms with van der Waals surface area (Å²) in [5.41, 5.74) is 4.89. The van der Waals surface area contributed by atoms with Crippen molar-refractivity contribution in [3.05, 3.63) is 70.0 Å². The second-order valence-electron chi connectivity index (χ2n) is 7.98. The van der Waals surface area contributed by atoms with Gasteiger partial charge in [-0.1, -0.05) is 50.3 Å². The Morgan fingerprint density at radius 1 is 1.04 bits per heavy atom. The van der Waals surface area contributed by atoms with E-state index in [2.05, 4.69) is 32.0 Å². The highest BCUT2D eigenvalue weighted by atomic mass is 19.1. The predicted molar refractivity (Wildman–Crippen MR) is 97.3 cm³/mol. The summed E-state index contributed by atoms with van der Waals surface area (Å²) in [5, 5.41) is 8.91. The highest BCUT2D eigenvalue weighted by Gasteiger charge is 2.52. The topological polar surface area (TPSA) is 37.3 Å². The molecule has 25 heavy (non-hydrogen) atoms. The molecule has 2 bridgehead atoms. The molecule has 2 aliphatic rings. The molecule has 0 radical (unpaired) electrons. The molecule has 1 fully saturated rings. The van der Waals surface area contributed by atoms with Gasteiger partial charge in [0.25, 0.3) is 0 Å². The number of hydrogen-bond acceptors (Lipinski definition) is 1. The molecule has 2 aromatic rings. The molecule has 2 nitrogen and oxygen atoms in total. The SMILES string of the molecule is CC12CCC(C)(C1)c1cc(/C=C/c3ccc(C(=O)O)cc3F)ccc12. The van der Waals surface area contributed by atoms with Gasteiger partial charge < -0.3 is 5.11 Å². The Labute approximate surface area is 147 Å². The maximum Gasteiger partial charge on any atom is 0.335 e. The van der Waals surface area contributed by atoms with Crippen molar-refractivity contribution >= 4 is 18.1 Å². The van der Waals surface area contributed by atoms with Gasteiger partial charge in [-0.25, -0.2) is 9.18 Å². The minimum atomic E-state index is -1.12. The molecule has 4 rings (SSSR count). The first-order chi connectivity index (χ1) is 11.8. The third-order valence-corrected chi connectivity index (χ3v) is 6.06. The summed E-state index contributed by atoms with van der Waals surface area (Å²) in [6.45, 7) is 4.71. The second kappa shape index (κ2) is 5.29. The Hall–Kier alpha value is -2.42. The lowest BCUT2D eigenvalue weighted by Crippen LogP contribution is -2.17. The number of fused-ring (bicyclic) bond motifs is 5. The molecule has 3 heteroatoms. The van der Waals surface area contributed by atoms with Crippen molar-refractivity contribution in [1.82, 2.24) is 0 Å². The third-order valence-electron chi connectivity index (χ3n) is 6.06. The Morgan fingerprint density at radius 3 is 2.44 bits per heavy atom. The van der Waals surface area contributed by atoms with E-state index in [1.807, 2.05) is 6.08 Å². The Balaban J connectivity index is 1.65. The molecular weight excluding hydrogens is 315 g/mol. The number of carbonyl (C=O) groups is 1. The number of halogens is 1. The van der Waals surface area contributed by atoms with Crippen LogP contribution in [0.2, 0.25) is 0 Å². The Bertz CT molecular complexity index is 914. The average molecular weight is 336 g/mol. The monoisotopic (exact) mass is 336 g/mol. The van der Waals surface area contributed by atoms with E-state index >= 15 is 0 Å². The zero-order chi connectivity index (χ0) is 17.8. The molecule has 128 valence electrons. The maximum atomic E-state index is 14.1. The first kappa shape index (κ1) is 16.1. The number of carboxylic acids is 1. The zero-order valence-corrected chi connectivity index (χ0v) is 14.5. The predicted octanol–water partition coefficient (Wildman–Crippen LogP) is 5.41. The summed E-state index contributed by atoms with van der Waals surface area (Å²) in [7, 11) is 0. The van der Waals surface area contributed by atoms with Gasteiger partial charge in [0.05, 0.1) is 5.56 Å². The lowest BCUT2D eigenvalue weighted by molar-refractivity contribution is 0.0696. The van der Waals surface area contributed by atoms with Crippen LogP contribution in [0.5, 0.6) is 0 Å². The highest BCUT2D eigenvalue weighted by Crippen LogP contribution is 2.60. The van der Waals surface area contributed by atoms with E-state index in [-0.39, 0.29) is 11.0 Å². The van der Waals surface area contributed by atoms with Crippen LogP contribution in [0, 0.1) is 5.82 Å². The van der Waals surface area contributed by atoms with E-state index in [0.717, 1.165) is 11.6 Å². The summed E-state index contributed by atoms with van der Waals surface area (Å²) in [4.78, 5) is 10.9. The normalized spacial score (nSPS) is 27.0. The van der Waals surface area contributed by atoms with Gasteiger partial charge in [0.2, 0.25) is 0 Å². The van der Waals surface area contributed by atoms with Gasteiger partial charge >= 0.3 is 5.97 Å². The lowest BCUT2D eigenvalue weighted by atomic mass is 9.77. The van der Waals surface area contributed by atoms with E-state index in [0.29, 0.717) is 11.0 Å². The number of carboxylic acid groups (broad SMARTS) is 1. The molecule has 0 saturated heterocycles. The van der Waals surface area contributed by atoms with E-state index in [1.54, 1.807) is 6.08 Å². The van der Waals surface area contributed by atoms with Crippen LogP contribution in [0.15, 0.2) is 36.4 Å². The van der Waals surface area contributed by atoms with Gasteiger partial charge in [0, 0.05) is 5.56 Å². The Kier molecular flexibility index (Phi) is 3.40. The minimum absolute atomic E-state index is 0.0376. The highest BCUT2D eigenvalue weighted by molar-refractivity contribution is 5.88. The van der Waals surface area contributed by atoms with Crippen LogP contribution in [0.1, 0.15) is 65.7 Å². The molecular formula is C22H21FO2. The van der Waals surface area contributed by atoms with Crippen molar-refractivity contribution in [2.75, 3.05) is 0 Å². The van der Waals surface area contributed by atoms with Crippen molar-refractivity contribution in [2.24, 2.45) is 0 Å². The average Bonchev–Trinajstić information content (AvgIpc) is 3.01. The molecule has 2 aromatic carbocycles. The molecule has 0 heterocycles. The van der Waals surface area contributed by atoms with Gasteiger partial charge in [0.1, 0.15) is 5.82 Å². The van der Waals surface area contributed by atoms with E-state index < -0.39 is 11.8 Å². The number of aromatic carboxylic acids is 1. The van der Waals surface area contributed by atoms with Gasteiger partial charge in [-0.3, -0.25) is 0 Å². The molecule has 2 atom stereocenters. The smallest absolute Gasteiger partial charge is 0.335 e. The van der Waals surface area contributed by atoms with Gasteiger partial charge in [0.15, 0.2) is 0 Å². The lowest BCUT2D eigenvalue weighted by Gasteiger charge is -2.27. The van der Waals surface area contributed by atoms with Crippen molar-refractivity contribution in [3.63, 3.8) is 0 Å². The van der Waals surface area contributed by atoms with Gasteiger partial charge in [-0.05, 0) is 58.9 Å². The van der Waals surface area contributed by atoms with Crippen LogP contribution < -0.4 is 0 Å². The van der Waals surface area contributed by atoms with Crippen LogP contribution in [0.3, 0.4) is 0 Å². The van der Waals surface area contributed by atoms with Crippen molar-refractivity contribution in [1.29, 1.82) is 0 Å². The van der Waals surface area contributed by atoms with Crippen LogP contribution in [-0.4, -0.2) is 11.1 Å². The summed E-state index contributed by atoms with van der Waals surface area (Å²) in [6.07, 6.45) is 7.31. The van der Waals surface area contributed by atoms with Crippen LogP contribution in [0.25, 0.3) is 12.2 Å². The summed E-state index contributed by atoms with van der Waals surface area (Å²) < 4.78 is 14.1. The van der Waals surface area contributed by atoms with Crippen molar-refractivity contribution in [3.8, 4) is 0 Å². The van der Waals surface area contributed by atoms with E-state index in [1.165, 1.54) is 42.5 Å². The van der Waals surface area contributed by atoms with Crippen molar-refractivity contribution < 1.29 is 14.3 Å². The fourth-order valence-electron chi connectivity index (χ4n) is 4.72. The van der Waals surface area contributed by atoms with Gasteiger partial charge in [-0.15, -0.1) is 0 Å². The summed E-state index contributed by atoms with van der Waals surface area (Å²) >= 11 is 0. The molecule has 2 aliphatic carbocycles. The fraction of sp³-hybridized carbons (Fsp3) is 0.318. The standard InChI is InChI=1S/C22H21FO2/c1-21-9-10-22(2,13-21)18-11-14(4-8-17(18)21)3-5-15-6-7-16(20(24)25)12-19(15)23/h3-8,11-12H,9-10,13H2,1-2H3,(H,24,25)/b5-3+. The maximum absolute atomic E-state index is 14.1. The van der Waals surface area contributed by atoms with Crippen LogP contribution in [0.4, 0.5) is 4.39 Å². The second-order valence-corrected chi connectivity index (χ2v) is 7.98. The number of hydrogen-bond donors (Lipinski definition) is 1. The third kappa shape index (κ3) is 2.50. The fourth-order valence-corrected chi connectivity index (χ4v) is 4.72. The molecule has 1 saturated carbocycles. The molecule has 0 amide bonds. The Morgan fingerprint density at radius 2 is 1.76 bits per heavy atom. The first-order valence-electron chi connectivity index (χ1n) is 8.67. The molecule has 2 unspecified atom stereocenters. The van der Waals surface area contributed by atoms with Crippen LogP contribution >= 0.6 is 0 Å². The van der Waals surface area contributed by atoms with E-state index in [4.69, 9.17) is 5.11 Å². The van der Waals surface area contributed by atoms with Gasteiger partial charge in [-0.2, -0.15) is 0 Å². The van der Waals surface area contributed by atoms with Crippen LogP contribution in [-0.2, 0) is 10.8 Å². The summed E-state index contributed by atoms with van der Waals surface area (Å²) in [6, 6.07) is 10.5. The largest absolute Gasteiger partial charge is 0.478 e. The molecule has 1 N–H and O–H groups in total. The molecule has 0 aliphatic heterocycles.